The number of aliphatic carboxylic acids is 2. The summed E-state index contributed by atoms with van der Waals surface area (Å²) in [6.45, 7) is 1.11. The number of nitrogens with two attached hydrogens (primary N) is 2. The molecule has 0 spiro atoms. The van der Waals surface area contributed by atoms with Crippen molar-refractivity contribution in [3.05, 3.63) is 0 Å². The number of carboxylic acids is 2. The van der Waals surface area contributed by atoms with Crippen molar-refractivity contribution >= 4 is 29.7 Å². The number of carboxylic acid groups (broad SMARTS) is 2. The van der Waals surface area contributed by atoms with E-state index in [1.54, 1.807) is 0 Å². The van der Waals surface area contributed by atoms with Gasteiger partial charge in [-0.05, 0) is 13.3 Å². The van der Waals surface area contributed by atoms with Crippen molar-refractivity contribution in [2.45, 2.75) is 50.4 Å². The van der Waals surface area contributed by atoms with Gasteiger partial charge in [0.15, 0.2) is 6.04 Å². The number of primary amides is 1. The molecule has 12 heteroatoms. The maximum Gasteiger partial charge on any atom is 0.328 e. The van der Waals surface area contributed by atoms with Crippen molar-refractivity contribution in [2.75, 3.05) is 0 Å². The normalized spacial score (nSPS) is 15.3. The maximum absolute atomic E-state index is 12.0. The molecular formula is C13H22N4O8. The maximum atomic E-state index is 12.0. The van der Waals surface area contributed by atoms with E-state index in [4.69, 9.17) is 21.7 Å². The molecule has 0 saturated heterocycles. The first kappa shape index (κ1) is 22.3. The zero-order valence-corrected chi connectivity index (χ0v) is 13.5. The van der Waals surface area contributed by atoms with E-state index in [1.807, 2.05) is 5.32 Å². The molecule has 0 fully saturated rings. The molecule has 142 valence electrons. The summed E-state index contributed by atoms with van der Waals surface area (Å²) in [5.74, 6) is -5.70. The number of amides is 3. The van der Waals surface area contributed by atoms with Gasteiger partial charge in [0.05, 0.1) is 18.6 Å². The van der Waals surface area contributed by atoms with E-state index in [-0.39, 0.29) is 12.8 Å². The summed E-state index contributed by atoms with van der Waals surface area (Å²) >= 11 is 0. The first-order chi connectivity index (χ1) is 11.5. The highest BCUT2D eigenvalue weighted by atomic mass is 16.4. The van der Waals surface area contributed by atoms with Crippen LogP contribution in [0.15, 0.2) is 0 Å². The average molecular weight is 362 g/mol. The summed E-state index contributed by atoms with van der Waals surface area (Å²) in [6.07, 6.45) is -2.60. The van der Waals surface area contributed by atoms with Gasteiger partial charge in [-0.3, -0.25) is 19.2 Å². The molecule has 12 nitrogen and oxygen atoms in total. The van der Waals surface area contributed by atoms with Crippen LogP contribution in [0.3, 0.4) is 0 Å². The van der Waals surface area contributed by atoms with E-state index in [1.165, 1.54) is 0 Å². The van der Waals surface area contributed by atoms with E-state index >= 15 is 0 Å². The van der Waals surface area contributed by atoms with Gasteiger partial charge in [0.2, 0.25) is 17.7 Å². The second kappa shape index (κ2) is 10.2. The van der Waals surface area contributed by atoms with Gasteiger partial charge in [-0.2, -0.15) is 0 Å². The molecule has 0 aliphatic rings. The van der Waals surface area contributed by atoms with Crippen LogP contribution in [0.25, 0.3) is 0 Å². The molecule has 4 atom stereocenters. The van der Waals surface area contributed by atoms with Gasteiger partial charge < -0.3 is 37.4 Å². The standard InChI is InChI=1S/C13H22N4O8/c1-5(18)10(13(24)25)17-12(23)7(4-9(20)21)16-11(22)6(14)2-3-8(15)19/h5-7,10,18H,2-4,14H2,1H3,(H2,15,19)(H,16,22)(H,17,23)(H,20,21)(H,24,25). The molecule has 0 radical (unpaired) electrons. The van der Waals surface area contributed by atoms with Crippen LogP contribution in [0.1, 0.15) is 26.2 Å². The number of hydrogen-bond donors (Lipinski definition) is 7. The van der Waals surface area contributed by atoms with Crippen molar-refractivity contribution in [1.29, 1.82) is 0 Å². The monoisotopic (exact) mass is 362 g/mol. The molecular weight excluding hydrogens is 340 g/mol. The molecule has 4 unspecified atom stereocenters. The summed E-state index contributed by atoms with van der Waals surface area (Å²) < 4.78 is 0. The van der Waals surface area contributed by atoms with Crippen molar-refractivity contribution in [3.63, 3.8) is 0 Å². The number of hydrogen-bond acceptors (Lipinski definition) is 7. The van der Waals surface area contributed by atoms with Crippen LogP contribution in [0.2, 0.25) is 0 Å². The van der Waals surface area contributed by atoms with Crippen LogP contribution in [0.5, 0.6) is 0 Å². The molecule has 0 saturated carbocycles. The van der Waals surface area contributed by atoms with Crippen LogP contribution < -0.4 is 22.1 Å². The zero-order chi connectivity index (χ0) is 19.7. The fourth-order valence-corrected chi connectivity index (χ4v) is 1.73. The lowest BCUT2D eigenvalue weighted by molar-refractivity contribution is -0.145. The van der Waals surface area contributed by atoms with Crippen LogP contribution in [0.4, 0.5) is 0 Å². The summed E-state index contributed by atoms with van der Waals surface area (Å²) in [4.78, 5) is 56.4. The summed E-state index contributed by atoms with van der Waals surface area (Å²) in [5.41, 5.74) is 10.4. The van der Waals surface area contributed by atoms with Gasteiger partial charge in [0.1, 0.15) is 6.04 Å². The van der Waals surface area contributed by atoms with E-state index in [0.717, 1.165) is 6.92 Å². The highest BCUT2D eigenvalue weighted by Crippen LogP contribution is 2.01. The molecule has 25 heavy (non-hydrogen) atoms. The van der Waals surface area contributed by atoms with Crippen LogP contribution in [-0.4, -0.2) is 69.2 Å². The molecule has 0 aromatic rings. The summed E-state index contributed by atoms with van der Waals surface area (Å²) in [7, 11) is 0. The van der Waals surface area contributed by atoms with Crippen LogP contribution >= 0.6 is 0 Å². The van der Waals surface area contributed by atoms with Gasteiger partial charge in [-0.25, -0.2) is 4.79 Å². The van der Waals surface area contributed by atoms with Gasteiger partial charge >= 0.3 is 11.9 Å². The van der Waals surface area contributed by atoms with Crippen molar-refractivity contribution in [2.24, 2.45) is 11.5 Å². The molecule has 0 aromatic heterocycles. The van der Waals surface area contributed by atoms with E-state index in [9.17, 15) is 29.1 Å². The zero-order valence-electron chi connectivity index (χ0n) is 13.5. The predicted molar refractivity (Wildman–Crippen MR) is 81.8 cm³/mol. The smallest absolute Gasteiger partial charge is 0.328 e. The first-order valence-corrected chi connectivity index (χ1v) is 7.23. The Morgan fingerprint density at radius 2 is 1.60 bits per heavy atom. The Labute approximate surface area is 142 Å². The second-order valence-electron chi connectivity index (χ2n) is 5.34. The Morgan fingerprint density at radius 1 is 1.04 bits per heavy atom. The lowest BCUT2D eigenvalue weighted by atomic mass is 10.1. The average Bonchev–Trinajstić information content (AvgIpc) is 2.47. The molecule has 0 aromatic carbocycles. The molecule has 0 rings (SSSR count). The number of carbonyl (C=O) groups excluding carboxylic acids is 3. The number of carbonyl (C=O) groups is 5. The number of aliphatic hydroxyl groups is 1. The molecule has 3 amide bonds. The lowest BCUT2D eigenvalue weighted by Crippen LogP contribution is -2.57. The van der Waals surface area contributed by atoms with Crippen molar-refractivity contribution in [3.8, 4) is 0 Å². The van der Waals surface area contributed by atoms with E-state index < -0.39 is 60.3 Å². The minimum absolute atomic E-state index is 0.117. The van der Waals surface area contributed by atoms with Gasteiger partial charge in [0, 0.05) is 6.42 Å². The summed E-state index contributed by atoms with van der Waals surface area (Å²) in [6, 6.07) is -4.53. The Bertz CT molecular complexity index is 536. The molecule has 0 heterocycles. The van der Waals surface area contributed by atoms with Gasteiger partial charge in [-0.15, -0.1) is 0 Å². The fourth-order valence-electron chi connectivity index (χ4n) is 1.73. The third kappa shape index (κ3) is 8.62. The van der Waals surface area contributed by atoms with Crippen molar-refractivity contribution in [1.82, 2.24) is 10.6 Å². The minimum Gasteiger partial charge on any atom is -0.481 e. The van der Waals surface area contributed by atoms with E-state index in [0.29, 0.717) is 0 Å². The largest absolute Gasteiger partial charge is 0.481 e. The third-order valence-electron chi connectivity index (χ3n) is 3.10. The Morgan fingerprint density at radius 3 is 2.00 bits per heavy atom. The van der Waals surface area contributed by atoms with Crippen LogP contribution in [0, 0.1) is 0 Å². The second-order valence-corrected chi connectivity index (χ2v) is 5.34. The number of nitrogens with one attached hydrogen (secondary N) is 2. The predicted octanol–water partition coefficient (Wildman–Crippen LogP) is -3.51. The Balaban J connectivity index is 5.01. The van der Waals surface area contributed by atoms with E-state index in [2.05, 4.69) is 5.32 Å². The highest BCUT2D eigenvalue weighted by molar-refractivity contribution is 5.94. The Kier molecular flexibility index (Phi) is 9.09. The lowest BCUT2D eigenvalue weighted by Gasteiger charge is -2.23. The summed E-state index contributed by atoms with van der Waals surface area (Å²) in [5, 5.41) is 31.1. The quantitative estimate of drug-likeness (QED) is 0.193. The molecule has 9 N–H and O–H groups in total. The molecule has 0 aliphatic heterocycles. The fraction of sp³-hybridized carbons (Fsp3) is 0.615. The number of aliphatic hydroxyl groups excluding tert-OH is 1. The molecule has 0 aliphatic carbocycles. The topological polar surface area (TPSA) is 222 Å². The van der Waals surface area contributed by atoms with Crippen molar-refractivity contribution < 1.29 is 39.3 Å². The van der Waals surface area contributed by atoms with Crippen LogP contribution in [-0.2, 0) is 24.0 Å². The first-order valence-electron chi connectivity index (χ1n) is 7.23. The van der Waals surface area contributed by atoms with Gasteiger partial charge in [0.25, 0.3) is 0 Å². The van der Waals surface area contributed by atoms with Gasteiger partial charge in [-0.1, -0.05) is 0 Å². The SMILES string of the molecule is CC(O)C(NC(=O)C(CC(=O)O)NC(=O)C(N)CCC(N)=O)C(=O)O. The minimum atomic E-state index is -1.69. The highest BCUT2D eigenvalue weighted by Gasteiger charge is 2.31. The molecule has 0 bridgehead atoms. The number of rotatable bonds is 11. The Hall–Kier alpha value is -2.73. The third-order valence-corrected chi connectivity index (χ3v) is 3.10.